The summed E-state index contributed by atoms with van der Waals surface area (Å²) in [6, 6.07) is 0.113. The molecule has 5 nitrogen and oxygen atoms in total. The van der Waals surface area contributed by atoms with Gasteiger partial charge in [0.15, 0.2) is 0 Å². The summed E-state index contributed by atoms with van der Waals surface area (Å²) in [7, 11) is 0. The Morgan fingerprint density at radius 2 is 2.39 bits per heavy atom. The van der Waals surface area contributed by atoms with Crippen molar-refractivity contribution in [2.75, 3.05) is 13.1 Å². The molecule has 5 heteroatoms. The highest BCUT2D eigenvalue weighted by atomic mass is 16.4. The Kier molecular flexibility index (Phi) is 4.01. The van der Waals surface area contributed by atoms with E-state index in [-0.39, 0.29) is 12.6 Å². The number of hydrogen-bond acceptors (Lipinski definition) is 3. The van der Waals surface area contributed by atoms with Crippen molar-refractivity contribution >= 4 is 5.97 Å². The highest BCUT2D eigenvalue weighted by Gasteiger charge is 2.28. The molecule has 1 heterocycles. The molecule has 1 saturated carbocycles. The van der Waals surface area contributed by atoms with Crippen molar-refractivity contribution < 1.29 is 9.90 Å². The monoisotopic (exact) mass is 251 g/mol. The largest absolute Gasteiger partial charge is 0.480 e. The van der Waals surface area contributed by atoms with Gasteiger partial charge in [0.25, 0.3) is 0 Å². The van der Waals surface area contributed by atoms with Gasteiger partial charge in [0.05, 0.1) is 12.7 Å². The summed E-state index contributed by atoms with van der Waals surface area (Å²) in [5.41, 5.74) is 1.10. The molecule has 2 rings (SSSR count). The number of hydrogen-bond donors (Lipinski definition) is 1. The van der Waals surface area contributed by atoms with Gasteiger partial charge >= 0.3 is 5.97 Å². The average Bonchev–Trinajstić information content (AvgIpc) is 3.01. The van der Waals surface area contributed by atoms with Crippen LogP contribution in [0.5, 0.6) is 0 Å². The number of carboxylic acids is 1. The molecule has 1 aliphatic carbocycles. The van der Waals surface area contributed by atoms with Crippen molar-refractivity contribution in [1.29, 1.82) is 0 Å². The van der Waals surface area contributed by atoms with Crippen LogP contribution >= 0.6 is 0 Å². The van der Waals surface area contributed by atoms with Crippen LogP contribution in [0.15, 0.2) is 12.4 Å². The molecule has 1 aliphatic rings. The lowest BCUT2D eigenvalue weighted by atomic mass is 10.1. The van der Waals surface area contributed by atoms with Gasteiger partial charge in [-0.15, -0.1) is 0 Å². The van der Waals surface area contributed by atoms with Gasteiger partial charge < -0.3 is 5.11 Å². The second kappa shape index (κ2) is 5.52. The maximum Gasteiger partial charge on any atom is 0.317 e. The average molecular weight is 251 g/mol. The fourth-order valence-corrected chi connectivity index (χ4v) is 2.14. The van der Waals surface area contributed by atoms with Crippen molar-refractivity contribution in [1.82, 2.24) is 14.7 Å². The minimum Gasteiger partial charge on any atom is -0.480 e. The van der Waals surface area contributed by atoms with Crippen LogP contribution in [0.1, 0.15) is 38.3 Å². The number of aryl methyl sites for hydroxylation is 1. The highest BCUT2D eigenvalue weighted by Crippen LogP contribution is 2.32. The van der Waals surface area contributed by atoms with Crippen molar-refractivity contribution in [3.63, 3.8) is 0 Å². The minimum atomic E-state index is -0.759. The first kappa shape index (κ1) is 13.1. The van der Waals surface area contributed by atoms with E-state index in [1.54, 1.807) is 0 Å². The Bertz CT molecular complexity index is 412. The fraction of sp³-hybridized carbons (Fsp3) is 0.692. The summed E-state index contributed by atoms with van der Waals surface area (Å²) in [4.78, 5) is 13.0. The predicted octanol–water partition coefficient (Wildman–Crippen LogP) is 1.76. The molecule has 0 saturated heterocycles. The standard InChI is InChI=1S/C13H21N3O2/c1-3-16-8-12(6-14-16)10(2)15(9-13(17)18)7-11-4-5-11/h6,8,10-11H,3-5,7,9H2,1-2H3,(H,17,18). The van der Waals surface area contributed by atoms with Crippen LogP contribution in [0.25, 0.3) is 0 Å². The van der Waals surface area contributed by atoms with Gasteiger partial charge in [-0.05, 0) is 32.6 Å². The Hall–Kier alpha value is -1.36. The first-order valence-corrected chi connectivity index (χ1v) is 6.58. The molecule has 100 valence electrons. The Morgan fingerprint density at radius 1 is 1.67 bits per heavy atom. The van der Waals surface area contributed by atoms with Crippen LogP contribution in [0.2, 0.25) is 0 Å². The Labute approximate surface area is 107 Å². The lowest BCUT2D eigenvalue weighted by Crippen LogP contribution is -2.34. The van der Waals surface area contributed by atoms with Crippen molar-refractivity contribution in [2.24, 2.45) is 5.92 Å². The van der Waals surface area contributed by atoms with E-state index in [4.69, 9.17) is 5.11 Å². The fourth-order valence-electron chi connectivity index (χ4n) is 2.14. The number of carbonyl (C=O) groups is 1. The van der Waals surface area contributed by atoms with Crippen LogP contribution in [0.3, 0.4) is 0 Å². The maximum atomic E-state index is 10.9. The third-order valence-corrected chi connectivity index (χ3v) is 3.54. The zero-order chi connectivity index (χ0) is 13.1. The molecule has 1 unspecified atom stereocenters. The molecule has 0 spiro atoms. The van der Waals surface area contributed by atoms with Gasteiger partial charge in [-0.2, -0.15) is 5.10 Å². The number of rotatable bonds is 7. The molecule has 0 aliphatic heterocycles. The summed E-state index contributed by atoms with van der Waals surface area (Å²) in [5.74, 6) is -0.0709. The molecule has 1 aromatic heterocycles. The zero-order valence-electron chi connectivity index (χ0n) is 11.0. The summed E-state index contributed by atoms with van der Waals surface area (Å²) in [5, 5.41) is 13.3. The van der Waals surface area contributed by atoms with Crippen LogP contribution in [-0.2, 0) is 11.3 Å². The van der Waals surface area contributed by atoms with E-state index >= 15 is 0 Å². The molecular weight excluding hydrogens is 230 g/mol. The van der Waals surface area contributed by atoms with E-state index in [1.165, 1.54) is 12.8 Å². The molecule has 0 bridgehead atoms. The first-order chi connectivity index (χ1) is 8.60. The van der Waals surface area contributed by atoms with Crippen LogP contribution in [0, 0.1) is 5.92 Å². The second-order valence-corrected chi connectivity index (χ2v) is 5.07. The van der Waals surface area contributed by atoms with E-state index in [1.807, 2.05) is 28.9 Å². The molecule has 1 fully saturated rings. The molecule has 1 N–H and O–H groups in total. The van der Waals surface area contributed by atoms with Gasteiger partial charge in [0.1, 0.15) is 0 Å². The topological polar surface area (TPSA) is 58.4 Å². The zero-order valence-corrected chi connectivity index (χ0v) is 11.0. The molecule has 1 atom stereocenters. The number of aliphatic carboxylic acids is 1. The molecule has 1 aromatic rings. The summed E-state index contributed by atoms with van der Waals surface area (Å²) in [6.45, 7) is 5.93. The third kappa shape index (κ3) is 3.32. The highest BCUT2D eigenvalue weighted by molar-refractivity contribution is 5.69. The van der Waals surface area contributed by atoms with Crippen LogP contribution in [0.4, 0.5) is 0 Å². The van der Waals surface area contributed by atoms with Crippen molar-refractivity contribution in [2.45, 2.75) is 39.3 Å². The normalized spacial score (nSPS) is 17.1. The molecule has 0 radical (unpaired) electrons. The lowest BCUT2D eigenvalue weighted by molar-refractivity contribution is -0.139. The number of aromatic nitrogens is 2. The summed E-state index contributed by atoms with van der Waals surface area (Å²) >= 11 is 0. The van der Waals surface area contributed by atoms with Crippen LogP contribution < -0.4 is 0 Å². The number of carboxylic acid groups (broad SMARTS) is 1. The Morgan fingerprint density at radius 3 is 2.89 bits per heavy atom. The van der Waals surface area contributed by atoms with Gasteiger partial charge in [-0.3, -0.25) is 14.4 Å². The quantitative estimate of drug-likeness (QED) is 0.802. The predicted molar refractivity (Wildman–Crippen MR) is 68.2 cm³/mol. The molecule has 18 heavy (non-hydrogen) atoms. The van der Waals surface area contributed by atoms with E-state index < -0.39 is 5.97 Å². The maximum absolute atomic E-state index is 10.9. The van der Waals surface area contributed by atoms with Crippen molar-refractivity contribution in [3.8, 4) is 0 Å². The van der Waals surface area contributed by atoms with Gasteiger partial charge in [0, 0.05) is 30.9 Å². The molecular formula is C13H21N3O2. The SMILES string of the molecule is CCn1cc(C(C)N(CC(=O)O)CC2CC2)cn1. The first-order valence-electron chi connectivity index (χ1n) is 6.58. The van der Waals surface area contributed by atoms with Crippen molar-refractivity contribution in [3.05, 3.63) is 18.0 Å². The smallest absolute Gasteiger partial charge is 0.317 e. The third-order valence-electron chi connectivity index (χ3n) is 3.54. The van der Waals surface area contributed by atoms with Crippen LogP contribution in [-0.4, -0.2) is 38.8 Å². The summed E-state index contributed by atoms with van der Waals surface area (Å²) in [6.07, 6.45) is 6.32. The Balaban J connectivity index is 2.04. The van der Waals surface area contributed by atoms with E-state index in [9.17, 15) is 4.79 Å². The minimum absolute atomic E-state index is 0.106. The van der Waals surface area contributed by atoms with Gasteiger partial charge in [0.2, 0.25) is 0 Å². The molecule has 0 aromatic carbocycles. The van der Waals surface area contributed by atoms with Gasteiger partial charge in [-0.25, -0.2) is 0 Å². The van der Waals surface area contributed by atoms with E-state index in [2.05, 4.69) is 12.0 Å². The van der Waals surface area contributed by atoms with E-state index in [0.717, 1.165) is 18.7 Å². The second-order valence-electron chi connectivity index (χ2n) is 5.07. The van der Waals surface area contributed by atoms with E-state index in [0.29, 0.717) is 5.92 Å². The molecule has 0 amide bonds. The van der Waals surface area contributed by atoms with Gasteiger partial charge in [-0.1, -0.05) is 0 Å². The lowest BCUT2D eigenvalue weighted by Gasteiger charge is -2.26. The number of nitrogens with zero attached hydrogens (tertiary/aromatic N) is 3. The summed E-state index contributed by atoms with van der Waals surface area (Å²) < 4.78 is 1.88.